The molecule has 14 heavy (non-hydrogen) atoms. The quantitative estimate of drug-likeness (QED) is 0.734. The molecule has 1 nitrogen and oxygen atoms in total. The lowest BCUT2D eigenvalue weighted by molar-refractivity contribution is 0.0606. The highest BCUT2D eigenvalue weighted by Crippen LogP contribution is 2.46. The van der Waals surface area contributed by atoms with Crippen LogP contribution in [0.2, 0.25) is 0 Å². The van der Waals surface area contributed by atoms with Gasteiger partial charge < -0.3 is 5.11 Å². The fourth-order valence-corrected chi connectivity index (χ4v) is 3.13. The van der Waals surface area contributed by atoms with Gasteiger partial charge in [0.15, 0.2) is 0 Å². The lowest BCUT2D eigenvalue weighted by Crippen LogP contribution is -2.34. The third kappa shape index (κ3) is 2.98. The summed E-state index contributed by atoms with van der Waals surface area (Å²) >= 11 is 0. The standard InChI is InChI=1S/C13H26O/c1-10-6-5-9-13(3,4)12(10)8-7-11(2)14/h10-12,14H,5-9H2,1-4H3/t10-,11+,12-/m1/s1. The molecule has 3 atom stereocenters. The number of hydrogen-bond acceptors (Lipinski definition) is 1. The molecule has 1 fully saturated rings. The van der Waals surface area contributed by atoms with Crippen molar-refractivity contribution < 1.29 is 5.11 Å². The van der Waals surface area contributed by atoms with Crippen molar-refractivity contribution in [1.82, 2.24) is 0 Å². The zero-order valence-electron chi connectivity index (χ0n) is 10.2. The van der Waals surface area contributed by atoms with Gasteiger partial charge >= 0.3 is 0 Å². The maximum Gasteiger partial charge on any atom is 0.0512 e. The largest absolute Gasteiger partial charge is 0.393 e. The van der Waals surface area contributed by atoms with Crippen LogP contribution in [0, 0.1) is 17.3 Å². The van der Waals surface area contributed by atoms with Gasteiger partial charge in [0.1, 0.15) is 0 Å². The number of hydrogen-bond donors (Lipinski definition) is 1. The minimum absolute atomic E-state index is 0.125. The summed E-state index contributed by atoms with van der Waals surface area (Å²) in [7, 11) is 0. The van der Waals surface area contributed by atoms with Gasteiger partial charge in [0.2, 0.25) is 0 Å². The van der Waals surface area contributed by atoms with Crippen molar-refractivity contribution in [3.63, 3.8) is 0 Å². The molecule has 0 aromatic carbocycles. The van der Waals surface area contributed by atoms with E-state index in [0.29, 0.717) is 5.41 Å². The molecule has 0 spiro atoms. The van der Waals surface area contributed by atoms with Crippen LogP contribution in [-0.2, 0) is 0 Å². The summed E-state index contributed by atoms with van der Waals surface area (Å²) in [6, 6.07) is 0. The lowest BCUT2D eigenvalue weighted by Gasteiger charge is -2.43. The van der Waals surface area contributed by atoms with Crippen LogP contribution in [0.5, 0.6) is 0 Å². The Morgan fingerprint density at radius 1 is 1.43 bits per heavy atom. The molecule has 1 aliphatic rings. The van der Waals surface area contributed by atoms with E-state index in [4.69, 9.17) is 0 Å². The van der Waals surface area contributed by atoms with Crippen LogP contribution in [0.4, 0.5) is 0 Å². The Balaban J connectivity index is 2.52. The molecule has 0 amide bonds. The summed E-state index contributed by atoms with van der Waals surface area (Å²) in [5.74, 6) is 1.66. The van der Waals surface area contributed by atoms with Crippen LogP contribution in [-0.4, -0.2) is 11.2 Å². The molecular weight excluding hydrogens is 172 g/mol. The second-order valence-electron chi connectivity index (χ2n) is 5.89. The van der Waals surface area contributed by atoms with Gasteiger partial charge in [0, 0.05) is 0 Å². The van der Waals surface area contributed by atoms with E-state index in [-0.39, 0.29) is 6.10 Å². The smallest absolute Gasteiger partial charge is 0.0512 e. The summed E-state index contributed by atoms with van der Waals surface area (Å²) in [5.41, 5.74) is 0.493. The van der Waals surface area contributed by atoms with E-state index in [1.165, 1.54) is 25.7 Å². The van der Waals surface area contributed by atoms with Gasteiger partial charge in [-0.1, -0.05) is 33.6 Å². The third-order valence-electron chi connectivity index (χ3n) is 4.07. The highest BCUT2D eigenvalue weighted by molar-refractivity contribution is 4.86. The van der Waals surface area contributed by atoms with Crippen LogP contribution in [0.1, 0.15) is 59.8 Å². The molecule has 1 N–H and O–H groups in total. The van der Waals surface area contributed by atoms with Crippen molar-refractivity contribution in [2.75, 3.05) is 0 Å². The average Bonchev–Trinajstić information content (AvgIpc) is 2.01. The van der Waals surface area contributed by atoms with Crippen LogP contribution in [0.3, 0.4) is 0 Å². The normalized spacial score (nSPS) is 34.1. The van der Waals surface area contributed by atoms with E-state index in [9.17, 15) is 5.11 Å². The summed E-state index contributed by atoms with van der Waals surface area (Å²) in [4.78, 5) is 0. The first-order valence-electron chi connectivity index (χ1n) is 6.11. The maximum absolute atomic E-state index is 9.34. The molecule has 0 heterocycles. The van der Waals surface area contributed by atoms with Gasteiger partial charge in [-0.25, -0.2) is 0 Å². The first-order chi connectivity index (χ1) is 6.43. The molecule has 0 radical (unpaired) electrons. The summed E-state index contributed by atoms with van der Waals surface area (Å²) in [6.45, 7) is 9.08. The highest BCUT2D eigenvalue weighted by atomic mass is 16.3. The fourth-order valence-electron chi connectivity index (χ4n) is 3.13. The zero-order chi connectivity index (χ0) is 10.8. The molecule has 1 aliphatic carbocycles. The van der Waals surface area contributed by atoms with Crippen LogP contribution in [0.15, 0.2) is 0 Å². The molecule has 0 bridgehead atoms. The second kappa shape index (κ2) is 4.65. The zero-order valence-corrected chi connectivity index (χ0v) is 10.2. The number of rotatable bonds is 3. The Morgan fingerprint density at radius 2 is 2.07 bits per heavy atom. The maximum atomic E-state index is 9.34. The molecular formula is C13H26O. The van der Waals surface area contributed by atoms with E-state index in [0.717, 1.165) is 18.3 Å². The summed E-state index contributed by atoms with van der Waals surface area (Å²) < 4.78 is 0. The van der Waals surface area contributed by atoms with Crippen molar-refractivity contribution in [3.8, 4) is 0 Å². The topological polar surface area (TPSA) is 20.2 Å². The summed E-state index contributed by atoms with van der Waals surface area (Å²) in [5, 5.41) is 9.34. The lowest BCUT2D eigenvalue weighted by atomic mass is 9.62. The van der Waals surface area contributed by atoms with E-state index in [2.05, 4.69) is 20.8 Å². The van der Waals surface area contributed by atoms with Crippen molar-refractivity contribution in [3.05, 3.63) is 0 Å². The Bertz CT molecular complexity index is 172. The molecule has 1 rings (SSSR count). The number of aliphatic hydroxyl groups excluding tert-OH is 1. The number of aliphatic hydroxyl groups is 1. The van der Waals surface area contributed by atoms with Crippen molar-refractivity contribution >= 4 is 0 Å². The third-order valence-corrected chi connectivity index (χ3v) is 4.07. The molecule has 0 aliphatic heterocycles. The second-order valence-corrected chi connectivity index (χ2v) is 5.89. The average molecular weight is 198 g/mol. The molecule has 1 saturated carbocycles. The Hall–Kier alpha value is -0.0400. The Kier molecular flexibility index (Phi) is 4.00. The van der Waals surface area contributed by atoms with Gasteiger partial charge in [-0.2, -0.15) is 0 Å². The highest BCUT2D eigenvalue weighted by Gasteiger charge is 2.36. The van der Waals surface area contributed by atoms with Gasteiger partial charge in [0.05, 0.1) is 6.10 Å². The predicted molar refractivity (Wildman–Crippen MR) is 61.2 cm³/mol. The molecule has 84 valence electrons. The van der Waals surface area contributed by atoms with Crippen LogP contribution < -0.4 is 0 Å². The fraction of sp³-hybridized carbons (Fsp3) is 1.00. The first kappa shape index (κ1) is 12.0. The van der Waals surface area contributed by atoms with E-state index < -0.39 is 0 Å². The minimum atomic E-state index is -0.125. The van der Waals surface area contributed by atoms with Crippen molar-refractivity contribution in [1.29, 1.82) is 0 Å². The monoisotopic (exact) mass is 198 g/mol. The van der Waals surface area contributed by atoms with Crippen molar-refractivity contribution in [2.45, 2.75) is 65.9 Å². The van der Waals surface area contributed by atoms with Crippen LogP contribution in [0.25, 0.3) is 0 Å². The SMILES string of the molecule is C[C@H](O)CC[C@@H]1[C@H](C)CCCC1(C)C. The molecule has 1 heteroatoms. The first-order valence-corrected chi connectivity index (χ1v) is 6.11. The van der Waals surface area contributed by atoms with Gasteiger partial charge in [-0.15, -0.1) is 0 Å². The molecule has 0 saturated heterocycles. The summed E-state index contributed by atoms with van der Waals surface area (Å²) in [6.07, 6.45) is 6.18. The van der Waals surface area contributed by atoms with Crippen LogP contribution >= 0.6 is 0 Å². The Labute approximate surface area is 88.9 Å². The van der Waals surface area contributed by atoms with Gasteiger partial charge in [0.25, 0.3) is 0 Å². The van der Waals surface area contributed by atoms with E-state index >= 15 is 0 Å². The molecule has 0 unspecified atom stereocenters. The molecule has 0 aromatic rings. The van der Waals surface area contributed by atoms with Gasteiger partial charge in [-0.05, 0) is 43.4 Å². The minimum Gasteiger partial charge on any atom is -0.393 e. The van der Waals surface area contributed by atoms with Crippen molar-refractivity contribution in [2.24, 2.45) is 17.3 Å². The van der Waals surface area contributed by atoms with Gasteiger partial charge in [-0.3, -0.25) is 0 Å². The van der Waals surface area contributed by atoms with E-state index in [1.54, 1.807) is 0 Å². The van der Waals surface area contributed by atoms with E-state index in [1.807, 2.05) is 6.92 Å². The predicted octanol–water partition coefficient (Wildman–Crippen LogP) is 3.61. The molecule has 0 aromatic heterocycles. The Morgan fingerprint density at radius 3 is 2.57 bits per heavy atom.